The van der Waals surface area contributed by atoms with E-state index in [1.54, 1.807) is 18.4 Å². The van der Waals surface area contributed by atoms with Gasteiger partial charge < -0.3 is 9.30 Å². The number of rotatable bonds is 9. The third kappa shape index (κ3) is 7.74. The molecular formula is C28H38F3N5O. The first-order valence-corrected chi connectivity index (χ1v) is 12.6. The van der Waals surface area contributed by atoms with E-state index in [1.807, 2.05) is 81.6 Å². The molecule has 2 heterocycles. The summed E-state index contributed by atoms with van der Waals surface area (Å²) in [7, 11) is 1.63. The smallest absolute Gasteiger partial charge is 0.194 e. The molecule has 37 heavy (non-hydrogen) atoms. The van der Waals surface area contributed by atoms with E-state index in [9.17, 15) is 13.2 Å². The number of hydrogen-bond donors (Lipinski definition) is 0. The maximum absolute atomic E-state index is 13.9. The lowest BCUT2D eigenvalue weighted by Crippen LogP contribution is -2.51. The number of aliphatic imine (C=N–C) groups is 1. The number of aromatic nitrogens is 2. The number of benzene rings is 1. The van der Waals surface area contributed by atoms with Gasteiger partial charge in [-0.05, 0) is 38.3 Å². The number of nitrogens with zero attached hydrogens (tertiary/aromatic N) is 5. The minimum absolute atomic E-state index is 0.0570. The van der Waals surface area contributed by atoms with Crippen molar-refractivity contribution in [2.24, 2.45) is 10.9 Å². The first-order valence-electron chi connectivity index (χ1n) is 12.6. The zero-order chi connectivity index (χ0) is 27.5. The maximum atomic E-state index is 13.9. The molecular weight excluding hydrogens is 479 g/mol. The molecule has 6 nitrogen and oxygen atoms in total. The summed E-state index contributed by atoms with van der Waals surface area (Å²) in [5, 5.41) is 3.61. The van der Waals surface area contributed by atoms with Crippen LogP contribution in [-0.2, 0) is 4.74 Å². The third-order valence-electron chi connectivity index (χ3n) is 5.61. The molecule has 0 bridgehead atoms. The summed E-state index contributed by atoms with van der Waals surface area (Å²) in [6, 6.07) is 2.03. The van der Waals surface area contributed by atoms with E-state index in [2.05, 4.69) is 9.98 Å². The lowest BCUT2D eigenvalue weighted by molar-refractivity contribution is 0.294. The SMILES string of the molecule is CC.CCCN1C(/C=C/C(C)/C=C\C(=C(/C)OC)n2cnc(C)c2)=NCCN1c1cc(F)c(F)c(F)c1. The Hall–Kier alpha value is -3.49. The average Bonchev–Trinajstić information content (AvgIpc) is 3.33. The number of methoxy groups -OCH3 is 1. The van der Waals surface area contributed by atoms with Crippen LogP contribution in [0.1, 0.15) is 46.7 Å². The number of hydrazine groups is 1. The Kier molecular flexibility index (Phi) is 11.5. The van der Waals surface area contributed by atoms with Crippen molar-refractivity contribution in [2.75, 3.05) is 31.8 Å². The number of imidazole rings is 1. The predicted molar refractivity (Wildman–Crippen MR) is 145 cm³/mol. The topological polar surface area (TPSA) is 45.9 Å². The summed E-state index contributed by atoms with van der Waals surface area (Å²) >= 11 is 0. The van der Waals surface area contributed by atoms with Crippen molar-refractivity contribution in [3.63, 3.8) is 0 Å². The molecule has 1 aromatic heterocycles. The Balaban J connectivity index is 0.00000235. The van der Waals surface area contributed by atoms with Gasteiger partial charge in [0, 0.05) is 24.9 Å². The van der Waals surface area contributed by atoms with Gasteiger partial charge in [-0.15, -0.1) is 0 Å². The van der Waals surface area contributed by atoms with Gasteiger partial charge in [0.25, 0.3) is 0 Å². The molecule has 1 unspecified atom stereocenters. The number of aryl methyl sites for hydroxylation is 1. The van der Waals surface area contributed by atoms with Gasteiger partial charge in [-0.3, -0.25) is 15.0 Å². The van der Waals surface area contributed by atoms with Crippen molar-refractivity contribution >= 4 is 17.2 Å². The van der Waals surface area contributed by atoms with Crippen molar-refractivity contribution < 1.29 is 17.9 Å². The van der Waals surface area contributed by atoms with E-state index < -0.39 is 17.5 Å². The fourth-order valence-corrected chi connectivity index (χ4v) is 3.72. The van der Waals surface area contributed by atoms with Crippen LogP contribution in [0, 0.1) is 30.3 Å². The van der Waals surface area contributed by atoms with Gasteiger partial charge in [0.2, 0.25) is 0 Å². The molecule has 0 amide bonds. The normalized spacial score (nSPS) is 15.5. The monoisotopic (exact) mass is 517 g/mol. The standard InChI is InChI=1S/C26H32F3N5O.C2H6/c1-6-12-34-25(30-11-13-33(34)21-14-22(27)26(29)23(28)15-21)10-8-18(2)7-9-24(20(4)35-5)32-16-19(3)31-17-32;1-2/h7-10,14-18H,6,11-13H2,1-5H3;1-2H3/b9-7-,10-8+,24-20-;. The third-order valence-corrected chi connectivity index (χ3v) is 5.61. The number of hydrogen-bond acceptors (Lipinski definition) is 5. The second kappa shape index (κ2) is 14.3. The van der Waals surface area contributed by atoms with Crippen LogP contribution in [0.15, 0.2) is 59.7 Å². The predicted octanol–water partition coefficient (Wildman–Crippen LogP) is 6.76. The van der Waals surface area contributed by atoms with Crippen LogP contribution in [0.3, 0.4) is 0 Å². The first kappa shape index (κ1) is 29.7. The summed E-state index contributed by atoms with van der Waals surface area (Å²) in [6.07, 6.45) is 12.4. The number of ether oxygens (including phenoxy) is 1. The van der Waals surface area contributed by atoms with Gasteiger partial charge in [0.05, 0.1) is 43.6 Å². The first-order chi connectivity index (χ1) is 17.7. The highest BCUT2D eigenvalue weighted by molar-refractivity contribution is 5.94. The zero-order valence-electron chi connectivity index (χ0n) is 22.8. The fraction of sp³-hybridized carbons (Fsp3) is 0.429. The van der Waals surface area contributed by atoms with E-state index in [4.69, 9.17) is 4.74 Å². The molecule has 202 valence electrons. The summed E-state index contributed by atoms with van der Waals surface area (Å²) in [4.78, 5) is 8.90. The van der Waals surface area contributed by atoms with Crippen LogP contribution in [0.4, 0.5) is 18.9 Å². The lowest BCUT2D eigenvalue weighted by Gasteiger charge is -2.40. The summed E-state index contributed by atoms with van der Waals surface area (Å²) in [5.74, 6) is -2.39. The number of halogens is 3. The number of allylic oxidation sites excluding steroid dienone is 5. The van der Waals surface area contributed by atoms with Crippen molar-refractivity contribution in [3.05, 3.63) is 77.9 Å². The Morgan fingerprint density at radius 2 is 1.84 bits per heavy atom. The minimum Gasteiger partial charge on any atom is -0.499 e. The molecule has 0 aliphatic carbocycles. The fourth-order valence-electron chi connectivity index (χ4n) is 3.72. The molecule has 1 aliphatic heterocycles. The van der Waals surface area contributed by atoms with E-state index in [0.29, 0.717) is 25.5 Å². The highest BCUT2D eigenvalue weighted by Crippen LogP contribution is 2.25. The Morgan fingerprint density at radius 1 is 1.16 bits per heavy atom. The van der Waals surface area contributed by atoms with Crippen molar-refractivity contribution in [3.8, 4) is 0 Å². The van der Waals surface area contributed by atoms with Crippen molar-refractivity contribution in [1.29, 1.82) is 0 Å². The zero-order valence-corrected chi connectivity index (χ0v) is 22.8. The Bertz CT molecular complexity index is 1130. The van der Waals surface area contributed by atoms with Crippen LogP contribution in [0.2, 0.25) is 0 Å². The highest BCUT2D eigenvalue weighted by atomic mass is 19.2. The van der Waals surface area contributed by atoms with Gasteiger partial charge in [-0.25, -0.2) is 18.2 Å². The largest absolute Gasteiger partial charge is 0.499 e. The van der Waals surface area contributed by atoms with Crippen LogP contribution < -0.4 is 5.01 Å². The summed E-state index contributed by atoms with van der Waals surface area (Å²) < 4.78 is 48.6. The van der Waals surface area contributed by atoms with Crippen LogP contribution >= 0.6 is 0 Å². The molecule has 0 saturated heterocycles. The summed E-state index contributed by atoms with van der Waals surface area (Å²) in [5.41, 5.74) is 2.04. The molecule has 1 aliphatic rings. The van der Waals surface area contributed by atoms with E-state index >= 15 is 0 Å². The van der Waals surface area contributed by atoms with Crippen molar-refractivity contribution in [2.45, 2.75) is 48.0 Å². The molecule has 9 heteroatoms. The number of amidine groups is 1. The van der Waals surface area contributed by atoms with Gasteiger partial charge in [-0.2, -0.15) is 0 Å². The number of anilines is 1. The minimum atomic E-state index is -1.47. The molecule has 2 aromatic rings. The second-order valence-electron chi connectivity index (χ2n) is 8.35. The molecule has 3 rings (SSSR count). The quantitative estimate of drug-likeness (QED) is 0.209. The van der Waals surface area contributed by atoms with Crippen LogP contribution in [-0.4, -0.2) is 47.1 Å². The van der Waals surface area contributed by atoms with E-state index in [1.165, 1.54) is 0 Å². The Morgan fingerprint density at radius 3 is 2.41 bits per heavy atom. The van der Waals surface area contributed by atoms with E-state index in [-0.39, 0.29) is 11.6 Å². The van der Waals surface area contributed by atoms with Gasteiger partial charge >= 0.3 is 0 Å². The van der Waals surface area contributed by atoms with Crippen LogP contribution in [0.5, 0.6) is 0 Å². The molecule has 0 N–H and O–H groups in total. The van der Waals surface area contributed by atoms with Gasteiger partial charge in [0.15, 0.2) is 17.5 Å². The van der Waals surface area contributed by atoms with Crippen molar-refractivity contribution in [1.82, 2.24) is 14.6 Å². The summed E-state index contributed by atoms with van der Waals surface area (Å²) in [6.45, 7) is 13.3. The molecule has 0 fully saturated rings. The van der Waals surface area contributed by atoms with Gasteiger partial charge in [0.1, 0.15) is 11.6 Å². The van der Waals surface area contributed by atoms with Crippen LogP contribution in [0.25, 0.3) is 5.70 Å². The molecule has 1 aromatic carbocycles. The second-order valence-corrected chi connectivity index (χ2v) is 8.35. The average molecular weight is 518 g/mol. The molecule has 1 atom stereocenters. The highest BCUT2D eigenvalue weighted by Gasteiger charge is 2.24. The molecule has 0 saturated carbocycles. The molecule has 0 spiro atoms. The van der Waals surface area contributed by atoms with Gasteiger partial charge in [-0.1, -0.05) is 39.8 Å². The van der Waals surface area contributed by atoms with E-state index in [0.717, 1.165) is 35.7 Å². The Labute approximate surface area is 218 Å². The maximum Gasteiger partial charge on any atom is 0.194 e. The molecule has 0 radical (unpaired) electrons. The lowest BCUT2D eigenvalue weighted by atomic mass is 10.1.